The normalized spacial score (nSPS) is 15.6. The van der Waals surface area contributed by atoms with Crippen molar-refractivity contribution in [1.82, 2.24) is 9.97 Å². The molecule has 1 saturated heterocycles. The maximum absolute atomic E-state index is 12.8. The molecule has 1 aromatic carbocycles. The van der Waals surface area contributed by atoms with E-state index < -0.39 is 9.84 Å². The van der Waals surface area contributed by atoms with E-state index in [1.165, 1.54) is 38.3 Å². The Bertz CT molecular complexity index is 829. The molecule has 7 nitrogen and oxygen atoms in total. The lowest BCUT2D eigenvalue weighted by molar-refractivity contribution is 0.414. The fraction of sp³-hybridized carbons (Fsp3) is 0.412. The lowest BCUT2D eigenvalue weighted by Crippen LogP contribution is -2.26. The fourth-order valence-electron chi connectivity index (χ4n) is 2.89. The van der Waals surface area contributed by atoms with Crippen molar-refractivity contribution in [3.63, 3.8) is 0 Å². The van der Waals surface area contributed by atoms with Gasteiger partial charge in [-0.3, -0.25) is 0 Å². The third-order valence-electron chi connectivity index (χ3n) is 4.32. The molecule has 25 heavy (non-hydrogen) atoms. The van der Waals surface area contributed by atoms with Crippen LogP contribution in [0.1, 0.15) is 25.7 Å². The first-order valence-electron chi connectivity index (χ1n) is 8.29. The summed E-state index contributed by atoms with van der Waals surface area (Å²) in [5.41, 5.74) is 5.97. The number of hydrogen-bond acceptors (Lipinski definition) is 7. The summed E-state index contributed by atoms with van der Waals surface area (Å²) in [6.45, 7) is 1.73. The summed E-state index contributed by atoms with van der Waals surface area (Å²) < 4.78 is 30.6. The topological polar surface area (TPSA) is 98.4 Å². The Morgan fingerprint density at radius 3 is 2.28 bits per heavy atom. The molecule has 0 atom stereocenters. The van der Waals surface area contributed by atoms with Crippen LogP contribution in [0.5, 0.6) is 5.75 Å². The number of nitrogens with zero attached hydrogens (tertiary/aromatic N) is 3. The molecular weight excluding hydrogens is 340 g/mol. The summed E-state index contributed by atoms with van der Waals surface area (Å²) in [7, 11) is -2.25. The zero-order valence-corrected chi connectivity index (χ0v) is 15.0. The van der Waals surface area contributed by atoms with E-state index in [-0.39, 0.29) is 15.6 Å². The van der Waals surface area contributed by atoms with Gasteiger partial charge in [0.25, 0.3) is 0 Å². The Kier molecular flexibility index (Phi) is 5.08. The minimum atomic E-state index is -3.77. The molecule has 1 aliphatic heterocycles. The molecule has 0 amide bonds. The molecule has 2 aromatic rings. The summed E-state index contributed by atoms with van der Waals surface area (Å²) in [5.74, 6) is 1.05. The van der Waals surface area contributed by atoms with Gasteiger partial charge in [-0.2, -0.15) is 4.98 Å². The molecule has 0 radical (unpaired) electrons. The first-order valence-corrected chi connectivity index (χ1v) is 9.77. The summed E-state index contributed by atoms with van der Waals surface area (Å²) in [4.78, 5) is 10.6. The summed E-state index contributed by atoms with van der Waals surface area (Å²) >= 11 is 0. The number of benzene rings is 1. The van der Waals surface area contributed by atoms with E-state index in [9.17, 15) is 8.42 Å². The molecular formula is C17H22N4O3S. The van der Waals surface area contributed by atoms with E-state index in [0.717, 1.165) is 25.9 Å². The van der Waals surface area contributed by atoms with Gasteiger partial charge in [-0.05, 0) is 37.1 Å². The summed E-state index contributed by atoms with van der Waals surface area (Å²) in [6, 6.07) is 6.15. The van der Waals surface area contributed by atoms with Crippen molar-refractivity contribution in [3.05, 3.63) is 30.5 Å². The molecule has 2 N–H and O–H groups in total. The number of anilines is 2. The Labute approximate surface area is 147 Å². The van der Waals surface area contributed by atoms with Crippen LogP contribution in [0.2, 0.25) is 0 Å². The van der Waals surface area contributed by atoms with Gasteiger partial charge in [0.1, 0.15) is 16.5 Å². The Hall–Kier alpha value is -2.35. The van der Waals surface area contributed by atoms with Gasteiger partial charge >= 0.3 is 0 Å². The average Bonchev–Trinajstić information content (AvgIpc) is 2.91. The quantitative estimate of drug-likeness (QED) is 0.891. The summed E-state index contributed by atoms with van der Waals surface area (Å²) in [5, 5.41) is 0. The van der Waals surface area contributed by atoms with Crippen LogP contribution in [0.4, 0.5) is 11.8 Å². The first-order chi connectivity index (χ1) is 12.0. The molecule has 1 aliphatic rings. The maximum atomic E-state index is 12.8. The zero-order chi connectivity index (χ0) is 17.9. The van der Waals surface area contributed by atoms with Crippen LogP contribution in [0.3, 0.4) is 0 Å². The van der Waals surface area contributed by atoms with Crippen molar-refractivity contribution < 1.29 is 13.2 Å². The van der Waals surface area contributed by atoms with Crippen molar-refractivity contribution in [2.24, 2.45) is 0 Å². The Morgan fingerprint density at radius 1 is 1.08 bits per heavy atom. The third-order valence-corrected chi connectivity index (χ3v) is 6.10. The van der Waals surface area contributed by atoms with Gasteiger partial charge in [-0.1, -0.05) is 12.8 Å². The largest absolute Gasteiger partial charge is 0.497 e. The Balaban J connectivity index is 1.91. The second-order valence-electron chi connectivity index (χ2n) is 6.00. The highest BCUT2D eigenvalue weighted by Crippen LogP contribution is 2.27. The third kappa shape index (κ3) is 3.68. The number of nitrogens with two attached hydrogens (primary N) is 1. The van der Waals surface area contributed by atoms with Gasteiger partial charge in [0, 0.05) is 13.1 Å². The van der Waals surface area contributed by atoms with Crippen LogP contribution in [0, 0.1) is 0 Å². The van der Waals surface area contributed by atoms with Crippen molar-refractivity contribution in [2.75, 3.05) is 30.8 Å². The highest BCUT2D eigenvalue weighted by molar-refractivity contribution is 7.91. The van der Waals surface area contributed by atoms with Gasteiger partial charge in [0.15, 0.2) is 0 Å². The van der Waals surface area contributed by atoms with Crippen LogP contribution in [-0.4, -0.2) is 38.6 Å². The standard InChI is InChI=1S/C17H22N4O3S/c1-24-13-6-8-14(9-7-13)25(22,23)15-12-19-17(20-16(15)18)21-10-4-2-3-5-11-21/h6-9,12H,2-5,10-11H2,1H3,(H2,18,19,20). The van der Waals surface area contributed by atoms with Crippen molar-refractivity contribution in [1.29, 1.82) is 0 Å². The SMILES string of the molecule is COc1ccc(S(=O)(=O)c2cnc(N3CCCCCC3)nc2N)cc1. The molecule has 0 spiro atoms. The van der Waals surface area contributed by atoms with E-state index >= 15 is 0 Å². The molecule has 0 unspecified atom stereocenters. The van der Waals surface area contributed by atoms with E-state index in [1.807, 2.05) is 0 Å². The average molecular weight is 362 g/mol. The zero-order valence-electron chi connectivity index (χ0n) is 14.2. The fourth-order valence-corrected chi connectivity index (χ4v) is 4.15. The second-order valence-corrected chi connectivity index (χ2v) is 7.92. The molecule has 0 aliphatic carbocycles. The van der Waals surface area contributed by atoms with Gasteiger partial charge < -0.3 is 15.4 Å². The predicted octanol–water partition coefficient (Wildman–Crippen LogP) is 2.28. The highest BCUT2D eigenvalue weighted by atomic mass is 32.2. The molecule has 134 valence electrons. The lowest BCUT2D eigenvalue weighted by atomic mass is 10.2. The van der Waals surface area contributed by atoms with E-state index in [4.69, 9.17) is 10.5 Å². The minimum Gasteiger partial charge on any atom is -0.497 e. The predicted molar refractivity (Wildman–Crippen MR) is 95.6 cm³/mol. The van der Waals surface area contributed by atoms with Crippen LogP contribution in [0.15, 0.2) is 40.3 Å². The number of sulfone groups is 1. The number of ether oxygens (including phenoxy) is 1. The number of rotatable bonds is 4. The lowest BCUT2D eigenvalue weighted by Gasteiger charge is -2.20. The number of nitrogen functional groups attached to an aromatic ring is 1. The number of aromatic nitrogens is 2. The van der Waals surface area contributed by atoms with Gasteiger partial charge in [-0.25, -0.2) is 13.4 Å². The molecule has 8 heteroatoms. The Morgan fingerprint density at radius 2 is 1.72 bits per heavy atom. The van der Waals surface area contributed by atoms with E-state index in [2.05, 4.69) is 14.9 Å². The molecule has 3 rings (SSSR count). The van der Waals surface area contributed by atoms with E-state index in [0.29, 0.717) is 11.7 Å². The molecule has 0 bridgehead atoms. The van der Waals surface area contributed by atoms with Crippen molar-refractivity contribution in [2.45, 2.75) is 35.5 Å². The first kappa shape index (κ1) is 17.5. The van der Waals surface area contributed by atoms with Crippen molar-refractivity contribution >= 4 is 21.6 Å². The summed E-state index contributed by atoms with van der Waals surface area (Å²) in [6.07, 6.45) is 5.85. The van der Waals surface area contributed by atoms with Gasteiger partial charge in [0.2, 0.25) is 15.8 Å². The van der Waals surface area contributed by atoms with Crippen LogP contribution in [-0.2, 0) is 9.84 Å². The monoisotopic (exact) mass is 362 g/mol. The van der Waals surface area contributed by atoms with Crippen molar-refractivity contribution in [3.8, 4) is 5.75 Å². The second kappa shape index (κ2) is 7.26. The maximum Gasteiger partial charge on any atom is 0.227 e. The van der Waals surface area contributed by atoms with Gasteiger partial charge in [0.05, 0.1) is 18.2 Å². The van der Waals surface area contributed by atoms with E-state index in [1.54, 1.807) is 12.1 Å². The van der Waals surface area contributed by atoms with Crippen LogP contribution in [0.25, 0.3) is 0 Å². The number of methoxy groups -OCH3 is 1. The molecule has 1 aromatic heterocycles. The van der Waals surface area contributed by atoms with Crippen LogP contribution >= 0.6 is 0 Å². The number of hydrogen-bond donors (Lipinski definition) is 1. The minimum absolute atomic E-state index is 0.0231. The molecule has 1 fully saturated rings. The molecule has 2 heterocycles. The van der Waals surface area contributed by atoms with Gasteiger partial charge in [-0.15, -0.1) is 0 Å². The smallest absolute Gasteiger partial charge is 0.227 e. The van der Waals surface area contributed by atoms with Crippen LogP contribution < -0.4 is 15.4 Å². The highest BCUT2D eigenvalue weighted by Gasteiger charge is 2.23. The molecule has 0 saturated carbocycles.